The molecule has 0 aliphatic heterocycles. The molecule has 4 heteroatoms. The second kappa shape index (κ2) is 10.5. The molecule has 0 unspecified atom stereocenters. The maximum Gasteiger partial charge on any atom is 0.236 e. The van der Waals surface area contributed by atoms with Gasteiger partial charge in [0.1, 0.15) is 0 Å². The van der Waals surface area contributed by atoms with Gasteiger partial charge in [0.25, 0.3) is 0 Å². The predicted molar refractivity (Wildman–Crippen MR) is 179 cm³/mol. The van der Waals surface area contributed by atoms with Crippen molar-refractivity contribution in [2.45, 2.75) is 12.8 Å². The largest absolute Gasteiger partial charge is 0.278 e. The van der Waals surface area contributed by atoms with Gasteiger partial charge in [-0.15, -0.1) is 0 Å². The molecule has 2 aromatic heterocycles. The first-order valence-corrected chi connectivity index (χ1v) is 14.9. The van der Waals surface area contributed by atoms with E-state index in [1.807, 2.05) is 109 Å². The monoisotopic (exact) mass is 568 g/mol. The third-order valence-electron chi connectivity index (χ3n) is 8.63. The summed E-state index contributed by atoms with van der Waals surface area (Å²) in [4.78, 5) is 28.7. The molecule has 0 amide bonds. The number of aromatic nitrogens is 2. The van der Waals surface area contributed by atoms with Crippen LogP contribution in [0.3, 0.4) is 0 Å². The zero-order valence-corrected chi connectivity index (χ0v) is 24.0. The van der Waals surface area contributed by atoms with E-state index < -0.39 is 0 Å². The number of hydrogen-bond donors (Lipinski definition) is 0. The molecule has 8 rings (SSSR count). The van der Waals surface area contributed by atoms with Gasteiger partial charge >= 0.3 is 0 Å². The van der Waals surface area contributed by atoms with Crippen LogP contribution in [0.25, 0.3) is 54.7 Å². The smallest absolute Gasteiger partial charge is 0.236 e. The van der Waals surface area contributed by atoms with Crippen molar-refractivity contribution in [1.29, 1.82) is 0 Å². The quantitative estimate of drug-likeness (QED) is 0.208. The molecule has 0 saturated heterocycles. The van der Waals surface area contributed by atoms with Crippen LogP contribution in [0.1, 0.15) is 20.7 Å². The van der Waals surface area contributed by atoms with Crippen molar-refractivity contribution >= 4 is 55.2 Å². The number of hydrogen-bond acceptors (Lipinski definition) is 2. The highest BCUT2D eigenvalue weighted by molar-refractivity contribution is 6.05. The highest BCUT2D eigenvalue weighted by Crippen LogP contribution is 2.34. The number of nitrogens with zero attached hydrogens (tertiary/aromatic N) is 2. The number of carbonyl (C=O) groups excluding carboxylic acids is 2. The van der Waals surface area contributed by atoms with Gasteiger partial charge in [-0.25, -0.2) is 0 Å². The number of benzene rings is 6. The Morgan fingerprint density at radius 2 is 0.773 bits per heavy atom. The molecule has 0 spiro atoms. The fourth-order valence-corrected chi connectivity index (χ4v) is 6.60. The Hall–Kier alpha value is -5.74. The standard InChI is InChI=1S/C40H28N2O2/c43-39(25-29-17-9-15-27-11-1-5-19-33(27)29)41-35-21-7-3-13-31(35)23-37(41)38-24-32-14-4-8-22-36(32)42(38)40(44)26-30-18-10-16-28-12-2-6-20-34(28)30/h1-24H,25-26H2. The first-order chi connectivity index (χ1) is 21.7. The molecule has 2 heterocycles. The van der Waals surface area contributed by atoms with E-state index >= 15 is 0 Å². The maximum absolute atomic E-state index is 14.3. The maximum atomic E-state index is 14.3. The summed E-state index contributed by atoms with van der Waals surface area (Å²) in [6.07, 6.45) is 0.467. The van der Waals surface area contributed by atoms with Gasteiger partial charge < -0.3 is 0 Å². The predicted octanol–water partition coefficient (Wildman–Crippen LogP) is 9.34. The second-order valence-electron chi connectivity index (χ2n) is 11.3. The number of para-hydroxylation sites is 2. The summed E-state index contributed by atoms with van der Waals surface area (Å²) < 4.78 is 3.60. The first kappa shape index (κ1) is 25.9. The molecule has 0 aliphatic carbocycles. The number of rotatable bonds is 5. The Morgan fingerprint density at radius 3 is 1.23 bits per heavy atom. The van der Waals surface area contributed by atoms with Gasteiger partial charge in [0.2, 0.25) is 11.8 Å². The molecule has 0 aliphatic rings. The summed E-state index contributed by atoms with van der Waals surface area (Å²) in [6.45, 7) is 0. The van der Waals surface area contributed by atoms with Crippen LogP contribution in [0, 0.1) is 0 Å². The van der Waals surface area contributed by atoms with Gasteiger partial charge in [0, 0.05) is 10.8 Å². The van der Waals surface area contributed by atoms with Crippen LogP contribution in [-0.2, 0) is 12.8 Å². The minimum absolute atomic E-state index is 0.0455. The summed E-state index contributed by atoms with van der Waals surface area (Å²) in [5.74, 6) is -0.0910. The van der Waals surface area contributed by atoms with Crippen LogP contribution >= 0.6 is 0 Å². The molecule has 0 radical (unpaired) electrons. The molecule has 0 atom stereocenters. The van der Waals surface area contributed by atoms with Crippen LogP contribution in [0.2, 0.25) is 0 Å². The van der Waals surface area contributed by atoms with Gasteiger partial charge in [0.05, 0.1) is 35.3 Å². The van der Waals surface area contributed by atoms with Crippen LogP contribution in [0.5, 0.6) is 0 Å². The van der Waals surface area contributed by atoms with Gasteiger partial charge in [0.15, 0.2) is 0 Å². The fourth-order valence-electron chi connectivity index (χ4n) is 6.60. The third kappa shape index (κ3) is 4.31. The van der Waals surface area contributed by atoms with Crippen molar-refractivity contribution in [2.75, 3.05) is 0 Å². The molecule has 0 fully saturated rings. The molecular weight excluding hydrogens is 540 g/mol. The topological polar surface area (TPSA) is 44.0 Å². The Labute approximate surface area is 254 Å². The van der Waals surface area contributed by atoms with Crippen molar-refractivity contribution < 1.29 is 9.59 Å². The lowest BCUT2D eigenvalue weighted by molar-refractivity contribution is 0.0907. The average Bonchev–Trinajstić information content (AvgIpc) is 3.64. The van der Waals surface area contributed by atoms with Crippen LogP contribution in [0.15, 0.2) is 146 Å². The van der Waals surface area contributed by atoms with E-state index in [1.54, 1.807) is 9.13 Å². The summed E-state index contributed by atoms with van der Waals surface area (Å²) >= 11 is 0. The van der Waals surface area contributed by atoms with E-state index in [-0.39, 0.29) is 24.7 Å². The second-order valence-corrected chi connectivity index (χ2v) is 11.3. The van der Waals surface area contributed by atoms with Gasteiger partial charge in [-0.05, 0) is 56.9 Å². The van der Waals surface area contributed by atoms with Crippen molar-refractivity contribution in [3.05, 3.63) is 157 Å². The fraction of sp³-hybridized carbons (Fsp3) is 0.0500. The Morgan fingerprint density at radius 1 is 0.409 bits per heavy atom. The van der Waals surface area contributed by atoms with E-state index in [2.05, 4.69) is 36.4 Å². The van der Waals surface area contributed by atoms with Crippen LogP contribution in [0.4, 0.5) is 0 Å². The van der Waals surface area contributed by atoms with Crippen LogP contribution in [-0.4, -0.2) is 20.9 Å². The molecule has 6 aromatic carbocycles. The third-order valence-corrected chi connectivity index (χ3v) is 8.63. The number of fused-ring (bicyclic) bond motifs is 4. The molecule has 4 nitrogen and oxygen atoms in total. The SMILES string of the molecule is O=C(Cc1cccc2ccccc12)n1c(-c2cc3ccccc3n2C(=O)Cc2cccc3ccccc23)cc2ccccc21. The lowest BCUT2D eigenvalue weighted by atomic mass is 10.0. The van der Waals surface area contributed by atoms with Gasteiger partial charge in [-0.2, -0.15) is 0 Å². The van der Waals surface area contributed by atoms with E-state index in [4.69, 9.17) is 0 Å². The summed E-state index contributed by atoms with van der Waals surface area (Å²) in [6, 6.07) is 48.4. The molecular formula is C40H28N2O2. The van der Waals surface area contributed by atoms with Crippen molar-refractivity contribution in [2.24, 2.45) is 0 Å². The Kier molecular flexibility index (Phi) is 6.20. The van der Waals surface area contributed by atoms with E-state index in [0.717, 1.165) is 54.5 Å². The first-order valence-electron chi connectivity index (χ1n) is 14.9. The highest BCUT2D eigenvalue weighted by Gasteiger charge is 2.24. The Balaban J connectivity index is 1.29. The molecule has 0 N–H and O–H groups in total. The molecule has 8 aromatic rings. The lowest BCUT2D eigenvalue weighted by Gasteiger charge is -2.14. The minimum atomic E-state index is -0.0455. The summed E-state index contributed by atoms with van der Waals surface area (Å²) in [5, 5.41) is 6.25. The van der Waals surface area contributed by atoms with Gasteiger partial charge in [-0.3, -0.25) is 18.7 Å². The normalized spacial score (nSPS) is 11.5. The van der Waals surface area contributed by atoms with Crippen molar-refractivity contribution in [3.8, 4) is 11.4 Å². The molecule has 0 saturated carbocycles. The van der Waals surface area contributed by atoms with Crippen LogP contribution < -0.4 is 0 Å². The average molecular weight is 569 g/mol. The Bertz CT molecular complexity index is 2210. The number of carbonyl (C=O) groups is 2. The highest BCUT2D eigenvalue weighted by atomic mass is 16.2. The summed E-state index contributed by atoms with van der Waals surface area (Å²) in [7, 11) is 0. The zero-order valence-electron chi connectivity index (χ0n) is 24.0. The molecule has 0 bridgehead atoms. The molecule has 210 valence electrons. The van der Waals surface area contributed by atoms with E-state index in [0.29, 0.717) is 11.4 Å². The summed E-state index contributed by atoms with van der Waals surface area (Å²) in [5.41, 5.74) is 5.02. The van der Waals surface area contributed by atoms with Crippen molar-refractivity contribution in [1.82, 2.24) is 9.13 Å². The zero-order chi connectivity index (χ0) is 29.6. The van der Waals surface area contributed by atoms with E-state index in [9.17, 15) is 9.59 Å². The molecule has 44 heavy (non-hydrogen) atoms. The minimum Gasteiger partial charge on any atom is -0.278 e. The lowest BCUT2D eigenvalue weighted by Crippen LogP contribution is -2.18. The van der Waals surface area contributed by atoms with Crippen molar-refractivity contribution in [3.63, 3.8) is 0 Å². The van der Waals surface area contributed by atoms with E-state index in [1.165, 1.54) is 0 Å². The van der Waals surface area contributed by atoms with Gasteiger partial charge in [-0.1, -0.05) is 121 Å².